The first-order valence-corrected chi connectivity index (χ1v) is 6.48. The number of aliphatic carboxylic acids is 1. The summed E-state index contributed by atoms with van der Waals surface area (Å²) in [7, 11) is 0. The van der Waals surface area contributed by atoms with E-state index in [2.05, 4.69) is 6.92 Å². The molecule has 0 aliphatic carbocycles. The second-order valence-corrected chi connectivity index (χ2v) is 5.35. The Morgan fingerprint density at radius 1 is 1.67 bits per heavy atom. The Morgan fingerprint density at radius 3 is 3.11 bits per heavy atom. The first-order valence-electron chi connectivity index (χ1n) is 6.48. The molecule has 0 unspecified atom stereocenters. The highest BCUT2D eigenvalue weighted by molar-refractivity contribution is 5.90. The van der Waals surface area contributed by atoms with Crippen molar-refractivity contribution in [2.45, 2.75) is 31.5 Å². The largest absolute Gasteiger partial charge is 0.481 e. The van der Waals surface area contributed by atoms with Crippen LogP contribution < -0.4 is 0 Å². The second-order valence-electron chi connectivity index (χ2n) is 5.35. The Labute approximate surface area is 105 Å². The molecule has 0 aromatic heterocycles. The lowest BCUT2D eigenvalue weighted by atomic mass is 9.77. The molecule has 0 aromatic carbocycles. The Bertz CT molecular complexity index is 433. The summed E-state index contributed by atoms with van der Waals surface area (Å²) >= 11 is 0. The average Bonchev–Trinajstić information content (AvgIpc) is 2.95. The second kappa shape index (κ2) is 3.82. The van der Waals surface area contributed by atoms with E-state index in [0.29, 0.717) is 13.1 Å². The molecule has 18 heavy (non-hydrogen) atoms. The molecular weight excluding hydrogens is 234 g/mol. The van der Waals surface area contributed by atoms with E-state index in [9.17, 15) is 14.7 Å². The molecule has 2 fully saturated rings. The zero-order valence-corrected chi connectivity index (χ0v) is 10.3. The third-order valence-corrected chi connectivity index (χ3v) is 4.25. The summed E-state index contributed by atoms with van der Waals surface area (Å²) < 4.78 is 5.78. The number of unbranched alkanes of at least 4 members (excludes halogenated alkanes) is 1. The molecule has 1 N–H and O–H groups in total. The number of rotatable bonds is 4. The number of amides is 1. The van der Waals surface area contributed by atoms with Crippen LogP contribution in [0.3, 0.4) is 0 Å². The lowest BCUT2D eigenvalue weighted by molar-refractivity contribution is -0.148. The fourth-order valence-electron chi connectivity index (χ4n) is 3.40. The zero-order valence-electron chi connectivity index (χ0n) is 10.3. The number of nitrogens with zero attached hydrogens (tertiary/aromatic N) is 1. The lowest BCUT2D eigenvalue weighted by Gasteiger charge is -2.21. The van der Waals surface area contributed by atoms with Crippen molar-refractivity contribution < 1.29 is 19.4 Å². The smallest absolute Gasteiger partial charge is 0.310 e. The number of carboxylic acids is 1. The summed E-state index contributed by atoms with van der Waals surface area (Å²) in [5, 5.41) is 9.27. The number of likely N-dealkylation sites (tertiary alicyclic amines) is 1. The van der Waals surface area contributed by atoms with E-state index in [1.807, 2.05) is 6.08 Å². The van der Waals surface area contributed by atoms with Crippen LogP contribution in [0.25, 0.3) is 0 Å². The third kappa shape index (κ3) is 1.37. The van der Waals surface area contributed by atoms with Crippen molar-refractivity contribution in [1.29, 1.82) is 0 Å². The molecule has 0 saturated carbocycles. The van der Waals surface area contributed by atoms with Crippen LogP contribution in [0.4, 0.5) is 0 Å². The summed E-state index contributed by atoms with van der Waals surface area (Å²) in [5.41, 5.74) is -0.668. The highest BCUT2D eigenvalue weighted by Gasteiger charge is 2.66. The Morgan fingerprint density at radius 2 is 2.44 bits per heavy atom. The number of carboxylic acid groups (broad SMARTS) is 1. The molecule has 2 saturated heterocycles. The maximum Gasteiger partial charge on any atom is 0.310 e. The molecule has 0 aromatic rings. The molecule has 0 radical (unpaired) electrons. The van der Waals surface area contributed by atoms with Crippen LogP contribution >= 0.6 is 0 Å². The minimum Gasteiger partial charge on any atom is -0.481 e. The van der Waals surface area contributed by atoms with Gasteiger partial charge in [-0.15, -0.1) is 0 Å². The van der Waals surface area contributed by atoms with E-state index in [1.165, 1.54) is 0 Å². The van der Waals surface area contributed by atoms with Crippen LogP contribution in [0.15, 0.2) is 12.2 Å². The predicted octanol–water partition coefficient (Wildman–Crippen LogP) is 0.653. The van der Waals surface area contributed by atoms with Gasteiger partial charge >= 0.3 is 5.97 Å². The summed E-state index contributed by atoms with van der Waals surface area (Å²) in [6.07, 6.45) is 5.23. The molecule has 1 spiro atoms. The van der Waals surface area contributed by atoms with Gasteiger partial charge in [0, 0.05) is 6.54 Å². The fourth-order valence-corrected chi connectivity index (χ4v) is 3.40. The minimum absolute atomic E-state index is 0.0531. The van der Waals surface area contributed by atoms with Crippen molar-refractivity contribution in [1.82, 2.24) is 4.90 Å². The molecule has 5 heteroatoms. The van der Waals surface area contributed by atoms with Gasteiger partial charge in [-0.1, -0.05) is 25.5 Å². The summed E-state index contributed by atoms with van der Waals surface area (Å²) in [5.74, 6) is -2.22. The van der Waals surface area contributed by atoms with Crippen LogP contribution in [-0.2, 0) is 14.3 Å². The van der Waals surface area contributed by atoms with Crippen LogP contribution in [0.1, 0.15) is 19.8 Å². The van der Waals surface area contributed by atoms with Crippen LogP contribution in [0, 0.1) is 11.8 Å². The van der Waals surface area contributed by atoms with E-state index >= 15 is 0 Å². The van der Waals surface area contributed by atoms with E-state index in [1.54, 1.807) is 11.0 Å². The van der Waals surface area contributed by atoms with E-state index in [-0.39, 0.29) is 5.91 Å². The molecule has 3 aliphatic heterocycles. The average molecular weight is 251 g/mol. The predicted molar refractivity (Wildman–Crippen MR) is 62.8 cm³/mol. The fraction of sp³-hybridized carbons (Fsp3) is 0.692. The molecular formula is C13H17NO4. The Hall–Kier alpha value is -1.36. The summed E-state index contributed by atoms with van der Waals surface area (Å²) in [4.78, 5) is 25.4. The van der Waals surface area contributed by atoms with Crippen molar-refractivity contribution in [3.05, 3.63) is 12.2 Å². The zero-order chi connectivity index (χ0) is 12.9. The van der Waals surface area contributed by atoms with Gasteiger partial charge in [0.2, 0.25) is 5.91 Å². The summed E-state index contributed by atoms with van der Waals surface area (Å²) in [6, 6.07) is 0. The number of carbonyl (C=O) groups is 2. The van der Waals surface area contributed by atoms with Gasteiger partial charge in [-0.25, -0.2) is 0 Å². The monoisotopic (exact) mass is 251 g/mol. The number of hydrogen-bond donors (Lipinski definition) is 1. The minimum atomic E-state index is -0.929. The van der Waals surface area contributed by atoms with Gasteiger partial charge in [0.15, 0.2) is 0 Å². The SMILES string of the molecule is CCCCN1C[C@]23C=C[C@H](O2)[C@@H](C(=O)O)[C@@H]3C1=O. The molecule has 5 nitrogen and oxygen atoms in total. The highest BCUT2D eigenvalue weighted by Crippen LogP contribution is 2.51. The number of ether oxygens (including phenoxy) is 1. The number of carbonyl (C=O) groups excluding carboxylic acids is 1. The first-order chi connectivity index (χ1) is 8.59. The molecule has 3 aliphatic rings. The highest BCUT2D eigenvalue weighted by atomic mass is 16.5. The van der Waals surface area contributed by atoms with Gasteiger partial charge in [0.05, 0.1) is 18.6 Å². The van der Waals surface area contributed by atoms with Gasteiger partial charge in [0.25, 0.3) is 0 Å². The van der Waals surface area contributed by atoms with Gasteiger partial charge in [-0.05, 0) is 6.42 Å². The topological polar surface area (TPSA) is 66.8 Å². The molecule has 4 atom stereocenters. The van der Waals surface area contributed by atoms with Crippen molar-refractivity contribution >= 4 is 11.9 Å². The standard InChI is InChI=1S/C13H17NO4/c1-2-3-6-14-7-13-5-4-8(18-13)9(12(16)17)10(13)11(14)15/h4-5,8-10H,2-3,6-7H2,1H3,(H,16,17)/t8-,9+,10+,13-/m0/s1. The van der Waals surface area contributed by atoms with Crippen molar-refractivity contribution in [2.75, 3.05) is 13.1 Å². The van der Waals surface area contributed by atoms with Crippen molar-refractivity contribution in [2.24, 2.45) is 11.8 Å². The molecule has 3 rings (SSSR count). The quantitative estimate of drug-likeness (QED) is 0.745. The summed E-state index contributed by atoms with van der Waals surface area (Å²) in [6.45, 7) is 3.27. The van der Waals surface area contributed by atoms with Gasteiger partial charge in [0.1, 0.15) is 11.5 Å². The third-order valence-electron chi connectivity index (χ3n) is 4.25. The maximum atomic E-state index is 12.3. The molecule has 1 amide bonds. The Kier molecular flexibility index (Phi) is 2.48. The van der Waals surface area contributed by atoms with Gasteiger partial charge in [-0.3, -0.25) is 9.59 Å². The van der Waals surface area contributed by atoms with Crippen LogP contribution in [-0.4, -0.2) is 46.7 Å². The first kappa shape index (κ1) is 11.7. The molecule has 2 bridgehead atoms. The maximum absolute atomic E-state index is 12.3. The van der Waals surface area contributed by atoms with E-state index in [0.717, 1.165) is 12.8 Å². The Balaban J connectivity index is 1.87. The number of fused-ring (bicyclic) bond motifs is 1. The van der Waals surface area contributed by atoms with Crippen LogP contribution in [0.2, 0.25) is 0 Å². The molecule has 3 heterocycles. The van der Waals surface area contributed by atoms with E-state index < -0.39 is 29.5 Å². The lowest BCUT2D eigenvalue weighted by Crippen LogP contribution is -2.39. The van der Waals surface area contributed by atoms with Crippen molar-refractivity contribution in [3.8, 4) is 0 Å². The van der Waals surface area contributed by atoms with Gasteiger partial charge in [-0.2, -0.15) is 0 Å². The molecule has 98 valence electrons. The van der Waals surface area contributed by atoms with Crippen LogP contribution in [0.5, 0.6) is 0 Å². The van der Waals surface area contributed by atoms with Gasteiger partial charge < -0.3 is 14.7 Å². The van der Waals surface area contributed by atoms with Crippen molar-refractivity contribution in [3.63, 3.8) is 0 Å². The van der Waals surface area contributed by atoms with E-state index in [4.69, 9.17) is 4.74 Å². The number of hydrogen-bond acceptors (Lipinski definition) is 3. The normalized spacial score (nSPS) is 40.6.